The second-order valence-electron chi connectivity index (χ2n) is 3.88. The van der Waals surface area contributed by atoms with E-state index in [1.807, 2.05) is 18.7 Å². The standard InChI is InChI=1S/C11H22N2OS/c1-4-6-10-7-12-11(15-10)13-9(3)8-14-5-2/h9-10H,4-8H2,1-3H3,(H,12,13). The lowest BCUT2D eigenvalue weighted by Gasteiger charge is -2.14. The molecule has 0 radical (unpaired) electrons. The van der Waals surface area contributed by atoms with Crippen LogP contribution in [0.1, 0.15) is 33.6 Å². The Morgan fingerprint density at radius 2 is 2.40 bits per heavy atom. The third-order valence-corrected chi connectivity index (χ3v) is 3.46. The van der Waals surface area contributed by atoms with Crippen LogP contribution in [0.15, 0.2) is 4.99 Å². The van der Waals surface area contributed by atoms with Gasteiger partial charge in [0.05, 0.1) is 13.2 Å². The first-order chi connectivity index (χ1) is 7.26. The van der Waals surface area contributed by atoms with Crippen molar-refractivity contribution in [3.05, 3.63) is 0 Å². The van der Waals surface area contributed by atoms with E-state index in [2.05, 4.69) is 24.2 Å². The summed E-state index contributed by atoms with van der Waals surface area (Å²) in [7, 11) is 0. The van der Waals surface area contributed by atoms with Crippen molar-refractivity contribution in [2.75, 3.05) is 19.8 Å². The number of thioether (sulfide) groups is 1. The lowest BCUT2D eigenvalue weighted by atomic mass is 10.2. The summed E-state index contributed by atoms with van der Waals surface area (Å²) in [5.41, 5.74) is 0. The largest absolute Gasteiger partial charge is 0.380 e. The molecule has 0 amide bonds. The SMILES string of the molecule is CCCC1CN=C(NC(C)COCC)S1. The van der Waals surface area contributed by atoms with Crippen molar-refractivity contribution in [1.29, 1.82) is 0 Å². The van der Waals surface area contributed by atoms with Crippen LogP contribution in [-0.2, 0) is 4.74 Å². The van der Waals surface area contributed by atoms with Gasteiger partial charge in [-0.05, 0) is 20.3 Å². The molecular weight excluding hydrogens is 208 g/mol. The number of rotatable bonds is 6. The van der Waals surface area contributed by atoms with Gasteiger partial charge in [-0.2, -0.15) is 0 Å². The van der Waals surface area contributed by atoms with Crippen LogP contribution in [0.5, 0.6) is 0 Å². The van der Waals surface area contributed by atoms with E-state index in [1.54, 1.807) is 0 Å². The molecule has 4 heteroatoms. The molecule has 1 N–H and O–H groups in total. The average Bonchev–Trinajstić information content (AvgIpc) is 2.63. The van der Waals surface area contributed by atoms with Crippen molar-refractivity contribution in [3.63, 3.8) is 0 Å². The van der Waals surface area contributed by atoms with Crippen LogP contribution >= 0.6 is 11.8 Å². The summed E-state index contributed by atoms with van der Waals surface area (Å²) in [5, 5.41) is 5.18. The molecule has 3 nitrogen and oxygen atoms in total. The summed E-state index contributed by atoms with van der Waals surface area (Å²) < 4.78 is 5.35. The second kappa shape index (κ2) is 7.12. The van der Waals surface area contributed by atoms with E-state index in [9.17, 15) is 0 Å². The van der Waals surface area contributed by atoms with Crippen LogP contribution in [0.2, 0.25) is 0 Å². The fourth-order valence-corrected chi connectivity index (χ4v) is 2.75. The minimum atomic E-state index is 0.358. The molecule has 1 heterocycles. The summed E-state index contributed by atoms with van der Waals surface area (Å²) in [5.74, 6) is 0. The Kier molecular flexibility index (Phi) is 6.10. The molecular formula is C11H22N2OS. The molecule has 2 unspecified atom stereocenters. The second-order valence-corrected chi connectivity index (χ2v) is 5.17. The topological polar surface area (TPSA) is 33.6 Å². The van der Waals surface area contributed by atoms with Crippen LogP contribution in [0.25, 0.3) is 0 Å². The number of nitrogens with zero attached hydrogens (tertiary/aromatic N) is 1. The molecule has 0 saturated carbocycles. The minimum Gasteiger partial charge on any atom is -0.380 e. The van der Waals surface area contributed by atoms with Gasteiger partial charge in [-0.1, -0.05) is 25.1 Å². The van der Waals surface area contributed by atoms with E-state index in [-0.39, 0.29) is 0 Å². The maximum absolute atomic E-state index is 5.35. The van der Waals surface area contributed by atoms with Gasteiger partial charge in [0.1, 0.15) is 0 Å². The van der Waals surface area contributed by atoms with Crippen molar-refractivity contribution in [2.24, 2.45) is 4.99 Å². The summed E-state index contributed by atoms with van der Waals surface area (Å²) in [6.07, 6.45) is 2.51. The van der Waals surface area contributed by atoms with Crippen LogP contribution in [0.4, 0.5) is 0 Å². The van der Waals surface area contributed by atoms with Gasteiger partial charge in [0, 0.05) is 17.9 Å². The van der Waals surface area contributed by atoms with Gasteiger partial charge in [-0.15, -0.1) is 0 Å². The van der Waals surface area contributed by atoms with Gasteiger partial charge in [0.2, 0.25) is 0 Å². The Morgan fingerprint density at radius 1 is 1.60 bits per heavy atom. The fraction of sp³-hybridized carbons (Fsp3) is 0.909. The lowest BCUT2D eigenvalue weighted by Crippen LogP contribution is -2.33. The van der Waals surface area contributed by atoms with E-state index in [0.717, 1.165) is 24.9 Å². The quantitative estimate of drug-likeness (QED) is 0.760. The van der Waals surface area contributed by atoms with E-state index < -0.39 is 0 Å². The number of aliphatic imine (C=N–C) groups is 1. The van der Waals surface area contributed by atoms with Crippen LogP contribution in [0.3, 0.4) is 0 Å². The zero-order chi connectivity index (χ0) is 11.1. The molecule has 1 aliphatic heterocycles. The van der Waals surface area contributed by atoms with Crippen molar-refractivity contribution < 1.29 is 4.74 Å². The van der Waals surface area contributed by atoms with Gasteiger partial charge < -0.3 is 10.1 Å². The molecule has 0 spiro atoms. The summed E-state index contributed by atoms with van der Waals surface area (Å²) >= 11 is 1.88. The van der Waals surface area contributed by atoms with Gasteiger partial charge in [-0.25, -0.2) is 0 Å². The maximum atomic E-state index is 5.35. The molecule has 15 heavy (non-hydrogen) atoms. The van der Waals surface area contributed by atoms with E-state index in [0.29, 0.717) is 11.3 Å². The summed E-state index contributed by atoms with van der Waals surface area (Å²) in [6, 6.07) is 0.358. The third-order valence-electron chi connectivity index (χ3n) is 2.27. The predicted molar refractivity (Wildman–Crippen MR) is 67.7 cm³/mol. The van der Waals surface area contributed by atoms with Gasteiger partial charge in [0.25, 0.3) is 0 Å². The number of nitrogens with one attached hydrogen (secondary N) is 1. The highest BCUT2D eigenvalue weighted by Gasteiger charge is 2.19. The Hall–Kier alpha value is -0.220. The highest BCUT2D eigenvalue weighted by molar-refractivity contribution is 8.14. The van der Waals surface area contributed by atoms with Crippen molar-refractivity contribution in [1.82, 2.24) is 5.32 Å². The smallest absolute Gasteiger partial charge is 0.157 e. The monoisotopic (exact) mass is 230 g/mol. The Balaban J connectivity index is 2.17. The van der Waals surface area contributed by atoms with E-state index >= 15 is 0 Å². The normalized spacial score (nSPS) is 22.6. The molecule has 0 aromatic carbocycles. The highest BCUT2D eigenvalue weighted by Crippen LogP contribution is 2.23. The molecule has 0 aromatic rings. The molecule has 0 fully saturated rings. The van der Waals surface area contributed by atoms with Gasteiger partial charge in [-0.3, -0.25) is 4.99 Å². The Morgan fingerprint density at radius 3 is 3.07 bits per heavy atom. The predicted octanol–water partition coefficient (Wildman–Crippen LogP) is 2.27. The first kappa shape index (κ1) is 12.8. The molecule has 0 saturated heterocycles. The van der Waals surface area contributed by atoms with Gasteiger partial charge >= 0.3 is 0 Å². The van der Waals surface area contributed by atoms with E-state index in [4.69, 9.17) is 4.74 Å². The minimum absolute atomic E-state index is 0.358. The molecule has 0 aromatic heterocycles. The first-order valence-electron chi connectivity index (χ1n) is 5.81. The van der Waals surface area contributed by atoms with Crippen molar-refractivity contribution >= 4 is 16.9 Å². The maximum Gasteiger partial charge on any atom is 0.157 e. The molecule has 0 bridgehead atoms. The Bertz CT molecular complexity index is 209. The third kappa shape index (κ3) is 4.89. The summed E-state index contributed by atoms with van der Waals surface area (Å²) in [4.78, 5) is 4.50. The zero-order valence-corrected chi connectivity index (χ0v) is 10.8. The lowest BCUT2D eigenvalue weighted by molar-refractivity contribution is 0.133. The summed E-state index contributed by atoms with van der Waals surface area (Å²) in [6.45, 7) is 8.89. The molecule has 0 aliphatic carbocycles. The van der Waals surface area contributed by atoms with Crippen LogP contribution in [0, 0.1) is 0 Å². The highest BCUT2D eigenvalue weighted by atomic mass is 32.2. The van der Waals surface area contributed by atoms with Crippen molar-refractivity contribution in [3.8, 4) is 0 Å². The van der Waals surface area contributed by atoms with Gasteiger partial charge in [0.15, 0.2) is 5.17 Å². The fourth-order valence-electron chi connectivity index (χ4n) is 1.52. The van der Waals surface area contributed by atoms with E-state index in [1.165, 1.54) is 12.8 Å². The number of amidine groups is 1. The molecule has 1 aliphatic rings. The van der Waals surface area contributed by atoms with Crippen LogP contribution < -0.4 is 5.32 Å². The molecule has 88 valence electrons. The van der Waals surface area contributed by atoms with Crippen molar-refractivity contribution in [2.45, 2.75) is 44.9 Å². The number of hydrogen-bond acceptors (Lipinski definition) is 4. The first-order valence-corrected chi connectivity index (χ1v) is 6.69. The molecule has 1 rings (SSSR count). The number of hydrogen-bond donors (Lipinski definition) is 1. The average molecular weight is 230 g/mol. The molecule has 2 atom stereocenters. The Labute approximate surface area is 97.1 Å². The number of ether oxygens (including phenoxy) is 1. The zero-order valence-electron chi connectivity index (χ0n) is 9.95. The van der Waals surface area contributed by atoms with Crippen LogP contribution in [-0.4, -0.2) is 36.2 Å².